The number of halogens is 1. The van der Waals surface area contributed by atoms with E-state index < -0.39 is 24.0 Å². The zero-order valence-electron chi connectivity index (χ0n) is 16.7. The molecule has 2 amide bonds. The van der Waals surface area contributed by atoms with Crippen molar-refractivity contribution in [3.63, 3.8) is 0 Å². The van der Waals surface area contributed by atoms with Crippen LogP contribution in [0.25, 0.3) is 0 Å². The van der Waals surface area contributed by atoms with Crippen LogP contribution >= 0.6 is 11.8 Å². The van der Waals surface area contributed by atoms with Crippen molar-refractivity contribution in [2.75, 3.05) is 24.2 Å². The molecule has 154 valence electrons. The van der Waals surface area contributed by atoms with Crippen LogP contribution in [-0.2, 0) is 9.47 Å². The lowest BCUT2D eigenvalue weighted by Crippen LogP contribution is -2.44. The molecule has 0 aliphatic carbocycles. The van der Waals surface area contributed by atoms with E-state index in [9.17, 15) is 14.0 Å². The molecule has 6 nitrogen and oxygen atoms in total. The van der Waals surface area contributed by atoms with E-state index in [0.717, 1.165) is 18.6 Å². The second-order valence-electron chi connectivity index (χ2n) is 8.10. The van der Waals surface area contributed by atoms with Gasteiger partial charge in [0.05, 0.1) is 5.69 Å². The Morgan fingerprint density at radius 3 is 2.71 bits per heavy atom. The number of carbonyl (C=O) groups is 2. The summed E-state index contributed by atoms with van der Waals surface area (Å²) in [6.07, 6.45) is 0.976. The standard InChI is InChI=1S/C20H27FN2O4S/c1-20(2,3)22(4)18(24)26-17-12-23(19(25)27-17)13-8-9-14(15(21)11-13)16-7-5-6-10-28-16/h8-9,11,16-17H,5-7,10,12H2,1-4H3/t16?,17-/m0/s1. The fourth-order valence-electron chi connectivity index (χ4n) is 3.11. The van der Waals surface area contributed by atoms with Gasteiger partial charge in [0.15, 0.2) is 0 Å². The van der Waals surface area contributed by atoms with Gasteiger partial charge in [0.1, 0.15) is 12.4 Å². The van der Waals surface area contributed by atoms with Gasteiger partial charge in [0.2, 0.25) is 0 Å². The van der Waals surface area contributed by atoms with E-state index in [-0.39, 0.29) is 17.6 Å². The van der Waals surface area contributed by atoms with Gasteiger partial charge in [-0.25, -0.2) is 14.0 Å². The molecule has 2 fully saturated rings. The van der Waals surface area contributed by atoms with E-state index in [4.69, 9.17) is 9.47 Å². The highest BCUT2D eigenvalue weighted by Crippen LogP contribution is 2.40. The van der Waals surface area contributed by atoms with Gasteiger partial charge < -0.3 is 14.4 Å². The quantitative estimate of drug-likeness (QED) is 0.707. The van der Waals surface area contributed by atoms with E-state index in [0.29, 0.717) is 11.3 Å². The fraction of sp³-hybridized carbons (Fsp3) is 0.600. The Morgan fingerprint density at radius 1 is 1.36 bits per heavy atom. The molecule has 2 aliphatic rings. The van der Waals surface area contributed by atoms with Gasteiger partial charge in [-0.05, 0) is 51.5 Å². The smallest absolute Gasteiger partial charge is 0.407 e. The molecular weight excluding hydrogens is 383 g/mol. The molecule has 2 saturated heterocycles. The Balaban J connectivity index is 1.66. The van der Waals surface area contributed by atoms with Gasteiger partial charge in [-0.1, -0.05) is 12.5 Å². The highest BCUT2D eigenvalue weighted by molar-refractivity contribution is 7.99. The number of amides is 2. The SMILES string of the molecule is CN(C(=O)O[C@@H]1CN(c2ccc(C3CCCCS3)c(F)c2)C(=O)O1)C(C)(C)C. The van der Waals surface area contributed by atoms with Gasteiger partial charge in [0.25, 0.3) is 6.29 Å². The minimum absolute atomic E-state index is 0.0273. The van der Waals surface area contributed by atoms with Gasteiger partial charge in [-0.3, -0.25) is 4.90 Å². The third-order valence-corrected chi connectivity index (χ3v) is 6.54. The van der Waals surface area contributed by atoms with Gasteiger partial charge in [-0.2, -0.15) is 11.8 Å². The first-order chi connectivity index (χ1) is 13.2. The minimum Gasteiger partial charge on any atom is -0.407 e. The summed E-state index contributed by atoms with van der Waals surface area (Å²) in [5.41, 5.74) is 0.653. The van der Waals surface area contributed by atoms with Crippen molar-refractivity contribution in [2.45, 2.75) is 57.1 Å². The van der Waals surface area contributed by atoms with E-state index in [1.54, 1.807) is 30.9 Å². The summed E-state index contributed by atoms with van der Waals surface area (Å²) in [6.45, 7) is 5.64. The number of nitrogens with zero attached hydrogens (tertiary/aromatic N) is 2. The molecule has 3 rings (SSSR count). The molecule has 2 heterocycles. The van der Waals surface area contributed by atoms with Crippen molar-refractivity contribution < 1.29 is 23.5 Å². The van der Waals surface area contributed by atoms with Gasteiger partial charge in [-0.15, -0.1) is 0 Å². The minimum atomic E-state index is -1.03. The second kappa shape index (κ2) is 8.19. The molecule has 0 N–H and O–H groups in total. The molecule has 0 saturated carbocycles. The molecule has 1 aromatic carbocycles. The maximum absolute atomic E-state index is 14.7. The molecular formula is C20H27FN2O4S. The maximum Gasteiger partial charge on any atom is 0.417 e. The summed E-state index contributed by atoms with van der Waals surface area (Å²) >= 11 is 1.77. The zero-order chi connectivity index (χ0) is 20.5. The van der Waals surface area contributed by atoms with Crippen molar-refractivity contribution in [3.8, 4) is 0 Å². The Morgan fingerprint density at radius 2 is 2.11 bits per heavy atom. The first-order valence-electron chi connectivity index (χ1n) is 9.50. The van der Waals surface area contributed by atoms with Crippen molar-refractivity contribution in [2.24, 2.45) is 0 Å². The first-order valence-corrected chi connectivity index (χ1v) is 10.6. The number of ether oxygens (including phenoxy) is 2. The first kappa shape index (κ1) is 20.8. The molecule has 28 heavy (non-hydrogen) atoms. The summed E-state index contributed by atoms with van der Waals surface area (Å²) in [6, 6.07) is 4.82. The number of rotatable bonds is 3. The average Bonchev–Trinajstić information content (AvgIpc) is 3.01. The normalized spacial score (nSPS) is 22.8. The molecule has 2 aliphatic heterocycles. The van der Waals surface area contributed by atoms with Crippen molar-refractivity contribution >= 4 is 29.6 Å². The summed E-state index contributed by atoms with van der Waals surface area (Å²) in [5, 5.41) is 0.162. The third-order valence-electron chi connectivity index (χ3n) is 5.12. The third kappa shape index (κ3) is 4.54. The van der Waals surface area contributed by atoms with Crippen LogP contribution in [0.1, 0.15) is 50.8 Å². The van der Waals surface area contributed by atoms with Crippen LogP contribution in [-0.4, -0.2) is 48.3 Å². The van der Waals surface area contributed by atoms with Gasteiger partial charge in [0, 0.05) is 23.4 Å². The lowest BCUT2D eigenvalue weighted by atomic mass is 10.0. The van der Waals surface area contributed by atoms with Crippen LogP contribution in [0.2, 0.25) is 0 Å². The van der Waals surface area contributed by atoms with E-state index in [1.807, 2.05) is 20.8 Å². The van der Waals surface area contributed by atoms with Crippen molar-refractivity contribution in [1.82, 2.24) is 4.90 Å². The average molecular weight is 411 g/mol. The number of hydrogen-bond acceptors (Lipinski definition) is 5. The summed E-state index contributed by atoms with van der Waals surface area (Å²) in [5.74, 6) is 0.720. The monoisotopic (exact) mass is 410 g/mol. The number of cyclic esters (lactones) is 1. The second-order valence-corrected chi connectivity index (χ2v) is 9.41. The molecule has 2 atom stereocenters. The van der Waals surface area contributed by atoms with Crippen LogP contribution in [0, 0.1) is 5.82 Å². The number of hydrogen-bond donors (Lipinski definition) is 0. The predicted octanol–water partition coefficient (Wildman–Crippen LogP) is 4.93. The van der Waals surface area contributed by atoms with Crippen LogP contribution < -0.4 is 4.90 Å². The Hall–Kier alpha value is -1.96. The molecule has 0 radical (unpaired) electrons. The van der Waals surface area contributed by atoms with Gasteiger partial charge >= 0.3 is 12.2 Å². The highest BCUT2D eigenvalue weighted by atomic mass is 32.2. The Labute approximate surface area is 169 Å². The number of benzene rings is 1. The maximum atomic E-state index is 14.7. The molecule has 1 aromatic rings. The number of anilines is 1. The summed E-state index contributed by atoms with van der Waals surface area (Å²) in [4.78, 5) is 27.1. The van der Waals surface area contributed by atoms with Crippen LogP contribution in [0.15, 0.2) is 18.2 Å². The molecule has 8 heteroatoms. The lowest BCUT2D eigenvalue weighted by molar-refractivity contribution is -0.0474. The Kier molecular flexibility index (Phi) is 6.07. The molecule has 0 bridgehead atoms. The number of carbonyl (C=O) groups excluding carboxylic acids is 2. The lowest BCUT2D eigenvalue weighted by Gasteiger charge is -2.31. The molecule has 1 unspecified atom stereocenters. The van der Waals surface area contributed by atoms with E-state index >= 15 is 0 Å². The summed E-state index contributed by atoms with van der Waals surface area (Å²) < 4.78 is 25.1. The van der Waals surface area contributed by atoms with E-state index in [2.05, 4.69) is 0 Å². The van der Waals surface area contributed by atoms with Crippen molar-refractivity contribution in [1.29, 1.82) is 0 Å². The largest absolute Gasteiger partial charge is 0.417 e. The van der Waals surface area contributed by atoms with Crippen LogP contribution in [0.5, 0.6) is 0 Å². The Bertz CT molecular complexity index is 746. The fourth-order valence-corrected chi connectivity index (χ4v) is 4.46. The zero-order valence-corrected chi connectivity index (χ0v) is 17.6. The van der Waals surface area contributed by atoms with Crippen LogP contribution in [0.3, 0.4) is 0 Å². The van der Waals surface area contributed by atoms with Crippen molar-refractivity contribution in [3.05, 3.63) is 29.6 Å². The number of thioether (sulfide) groups is 1. The highest BCUT2D eigenvalue weighted by Gasteiger charge is 2.37. The molecule has 0 aromatic heterocycles. The van der Waals surface area contributed by atoms with Crippen LogP contribution in [0.4, 0.5) is 19.7 Å². The predicted molar refractivity (Wildman–Crippen MR) is 107 cm³/mol. The topological polar surface area (TPSA) is 59.1 Å². The van der Waals surface area contributed by atoms with E-state index in [1.165, 1.54) is 22.3 Å². The molecule has 0 spiro atoms. The summed E-state index contributed by atoms with van der Waals surface area (Å²) in [7, 11) is 1.62.